The van der Waals surface area contributed by atoms with Gasteiger partial charge >= 0.3 is 0 Å². The molecular weight excluding hydrogens is 447 g/mol. The second-order valence-corrected chi connectivity index (χ2v) is 6.28. The fraction of sp³-hybridized carbons (Fsp3) is 0.263. The lowest BCUT2D eigenvalue weighted by molar-refractivity contribution is 0.0954. The van der Waals surface area contributed by atoms with Crippen molar-refractivity contribution < 1.29 is 19.0 Å². The molecule has 0 saturated carbocycles. The maximum absolute atomic E-state index is 12.2. The lowest BCUT2D eigenvalue weighted by atomic mass is 10.2. The molecule has 0 spiro atoms. The van der Waals surface area contributed by atoms with Crippen molar-refractivity contribution in [2.24, 2.45) is 5.10 Å². The predicted molar refractivity (Wildman–Crippen MR) is 110 cm³/mol. The topological polar surface area (TPSA) is 69.2 Å². The van der Waals surface area contributed by atoms with Gasteiger partial charge in [0.25, 0.3) is 5.91 Å². The second-order valence-electron chi connectivity index (χ2n) is 5.12. The van der Waals surface area contributed by atoms with E-state index in [0.29, 0.717) is 36.0 Å². The number of hydrazone groups is 1. The van der Waals surface area contributed by atoms with Gasteiger partial charge in [0.2, 0.25) is 0 Å². The van der Waals surface area contributed by atoms with Gasteiger partial charge in [0.15, 0.2) is 11.5 Å². The van der Waals surface area contributed by atoms with E-state index in [0.717, 1.165) is 9.13 Å². The third kappa shape index (κ3) is 5.35. The van der Waals surface area contributed by atoms with Gasteiger partial charge in [-0.05, 0) is 78.4 Å². The summed E-state index contributed by atoms with van der Waals surface area (Å²) in [6.45, 7) is 4.92. The van der Waals surface area contributed by atoms with Crippen LogP contribution in [0.5, 0.6) is 17.2 Å². The van der Waals surface area contributed by atoms with Gasteiger partial charge in [-0.1, -0.05) is 0 Å². The Morgan fingerprint density at radius 2 is 1.81 bits per heavy atom. The molecule has 0 unspecified atom stereocenters. The summed E-state index contributed by atoms with van der Waals surface area (Å²) in [4.78, 5) is 12.2. The zero-order valence-electron chi connectivity index (χ0n) is 14.9. The van der Waals surface area contributed by atoms with Crippen LogP contribution in [-0.2, 0) is 0 Å². The molecule has 1 amide bonds. The van der Waals surface area contributed by atoms with Crippen LogP contribution >= 0.6 is 22.6 Å². The number of nitrogens with one attached hydrogen (secondary N) is 1. The van der Waals surface area contributed by atoms with Crippen LogP contribution in [0, 0.1) is 3.57 Å². The highest BCUT2D eigenvalue weighted by molar-refractivity contribution is 14.1. The van der Waals surface area contributed by atoms with Crippen LogP contribution in [0.4, 0.5) is 0 Å². The number of rotatable bonds is 8. The molecule has 2 aromatic rings. The van der Waals surface area contributed by atoms with E-state index < -0.39 is 0 Å². The highest BCUT2D eigenvalue weighted by atomic mass is 127. The number of hydrogen-bond donors (Lipinski definition) is 1. The molecule has 1 N–H and O–H groups in total. The molecule has 0 aliphatic carbocycles. The first-order valence-corrected chi connectivity index (χ1v) is 9.23. The molecule has 138 valence electrons. The first-order valence-electron chi connectivity index (χ1n) is 8.15. The lowest BCUT2D eigenvalue weighted by Crippen LogP contribution is -2.17. The van der Waals surface area contributed by atoms with Crippen molar-refractivity contribution in [2.75, 3.05) is 20.3 Å². The second kappa shape index (κ2) is 10.0. The Morgan fingerprint density at radius 3 is 2.50 bits per heavy atom. The van der Waals surface area contributed by atoms with E-state index in [1.807, 2.05) is 38.1 Å². The number of nitrogens with zero attached hydrogens (tertiary/aromatic N) is 1. The smallest absolute Gasteiger partial charge is 0.271 e. The van der Waals surface area contributed by atoms with Gasteiger partial charge in [-0.3, -0.25) is 4.79 Å². The third-order valence-corrected chi connectivity index (χ3v) is 4.25. The molecule has 0 fully saturated rings. The molecule has 0 aromatic heterocycles. The van der Waals surface area contributed by atoms with Crippen LogP contribution in [0.25, 0.3) is 0 Å². The average Bonchev–Trinajstić information content (AvgIpc) is 2.64. The number of hydrogen-bond acceptors (Lipinski definition) is 5. The van der Waals surface area contributed by atoms with Gasteiger partial charge in [-0.2, -0.15) is 5.10 Å². The highest BCUT2D eigenvalue weighted by Gasteiger charge is 2.09. The molecule has 0 radical (unpaired) electrons. The monoisotopic (exact) mass is 468 g/mol. The Kier molecular flexibility index (Phi) is 7.71. The molecule has 0 atom stereocenters. The minimum atomic E-state index is -0.313. The van der Waals surface area contributed by atoms with Crippen molar-refractivity contribution in [3.05, 3.63) is 51.1 Å². The fourth-order valence-electron chi connectivity index (χ4n) is 2.18. The van der Waals surface area contributed by atoms with E-state index >= 15 is 0 Å². The van der Waals surface area contributed by atoms with Gasteiger partial charge in [-0.25, -0.2) is 5.43 Å². The standard InChI is InChI=1S/C19H21IN2O4/c1-4-25-16-9-6-13(10-18(16)26-5-2)12-21-22-19(23)14-7-8-15(20)17(11-14)24-3/h6-12H,4-5H2,1-3H3,(H,22,23)/b21-12-. The van der Waals surface area contributed by atoms with E-state index in [1.54, 1.807) is 25.5 Å². The fourth-order valence-corrected chi connectivity index (χ4v) is 2.73. The van der Waals surface area contributed by atoms with Gasteiger partial charge < -0.3 is 14.2 Å². The summed E-state index contributed by atoms with van der Waals surface area (Å²) in [7, 11) is 1.57. The summed E-state index contributed by atoms with van der Waals surface area (Å²) in [5.74, 6) is 1.66. The van der Waals surface area contributed by atoms with Crippen LogP contribution in [0.15, 0.2) is 41.5 Å². The van der Waals surface area contributed by atoms with E-state index in [2.05, 4.69) is 33.1 Å². The Balaban J connectivity index is 2.07. The Bertz CT molecular complexity index is 793. The van der Waals surface area contributed by atoms with Crippen molar-refractivity contribution in [3.8, 4) is 17.2 Å². The quantitative estimate of drug-likeness (QED) is 0.363. The summed E-state index contributed by atoms with van der Waals surface area (Å²) in [6.07, 6.45) is 1.56. The molecular formula is C19H21IN2O4. The zero-order chi connectivity index (χ0) is 18.9. The molecule has 2 rings (SSSR count). The molecule has 2 aromatic carbocycles. The Hall–Kier alpha value is -2.29. The summed E-state index contributed by atoms with van der Waals surface area (Å²) in [5, 5.41) is 4.01. The van der Waals surface area contributed by atoms with Crippen molar-refractivity contribution in [3.63, 3.8) is 0 Å². The largest absolute Gasteiger partial charge is 0.496 e. The van der Waals surface area contributed by atoms with Crippen molar-refractivity contribution >= 4 is 34.7 Å². The van der Waals surface area contributed by atoms with E-state index in [1.165, 1.54) is 0 Å². The summed E-state index contributed by atoms with van der Waals surface area (Å²) in [6, 6.07) is 10.7. The van der Waals surface area contributed by atoms with Crippen LogP contribution in [0.3, 0.4) is 0 Å². The Morgan fingerprint density at radius 1 is 1.08 bits per heavy atom. The summed E-state index contributed by atoms with van der Waals surface area (Å²) in [5.41, 5.74) is 3.77. The number of carbonyl (C=O) groups is 1. The van der Waals surface area contributed by atoms with Crippen molar-refractivity contribution in [1.29, 1.82) is 0 Å². The van der Waals surface area contributed by atoms with Crippen molar-refractivity contribution in [2.45, 2.75) is 13.8 Å². The number of benzene rings is 2. The highest BCUT2D eigenvalue weighted by Crippen LogP contribution is 2.28. The molecule has 7 heteroatoms. The number of halogens is 1. The van der Waals surface area contributed by atoms with Gasteiger partial charge in [-0.15, -0.1) is 0 Å². The number of ether oxygens (including phenoxy) is 3. The van der Waals surface area contributed by atoms with Gasteiger partial charge in [0.05, 0.1) is 30.1 Å². The van der Waals surface area contributed by atoms with Crippen LogP contribution in [0.1, 0.15) is 29.8 Å². The maximum atomic E-state index is 12.2. The SMILES string of the molecule is CCOc1ccc(/C=N\NC(=O)c2ccc(I)c(OC)c2)cc1OCC. The van der Waals surface area contributed by atoms with E-state index in [4.69, 9.17) is 14.2 Å². The summed E-state index contributed by atoms with van der Waals surface area (Å²) < 4.78 is 17.3. The van der Waals surface area contributed by atoms with Crippen LogP contribution in [0.2, 0.25) is 0 Å². The summed E-state index contributed by atoms with van der Waals surface area (Å²) >= 11 is 2.15. The number of methoxy groups -OCH3 is 1. The molecule has 0 aliphatic rings. The van der Waals surface area contributed by atoms with Gasteiger partial charge in [0, 0.05) is 5.56 Å². The van der Waals surface area contributed by atoms with E-state index in [-0.39, 0.29) is 5.91 Å². The van der Waals surface area contributed by atoms with Crippen LogP contribution < -0.4 is 19.6 Å². The number of carbonyl (C=O) groups excluding carboxylic acids is 1. The Labute approximate surface area is 166 Å². The van der Waals surface area contributed by atoms with Gasteiger partial charge in [0.1, 0.15) is 5.75 Å². The minimum Gasteiger partial charge on any atom is -0.496 e. The molecule has 26 heavy (non-hydrogen) atoms. The molecule has 0 aliphatic heterocycles. The molecule has 0 heterocycles. The predicted octanol–water partition coefficient (Wildman–Crippen LogP) is 3.86. The van der Waals surface area contributed by atoms with Crippen molar-refractivity contribution in [1.82, 2.24) is 5.43 Å². The first kappa shape index (κ1) is 20.0. The average molecular weight is 468 g/mol. The first-order chi connectivity index (χ1) is 12.6. The third-order valence-electron chi connectivity index (χ3n) is 3.36. The van der Waals surface area contributed by atoms with E-state index in [9.17, 15) is 4.79 Å². The normalized spacial score (nSPS) is 10.6. The molecule has 6 nitrogen and oxygen atoms in total. The lowest BCUT2D eigenvalue weighted by Gasteiger charge is -2.11. The zero-order valence-corrected chi connectivity index (χ0v) is 17.1. The number of amides is 1. The minimum absolute atomic E-state index is 0.313. The maximum Gasteiger partial charge on any atom is 0.271 e. The molecule has 0 saturated heterocycles. The molecule has 0 bridgehead atoms. The van der Waals surface area contributed by atoms with Crippen LogP contribution in [-0.4, -0.2) is 32.4 Å².